The second-order valence-corrected chi connectivity index (χ2v) is 18.4. The first-order valence-electron chi connectivity index (χ1n) is 24.1. The Bertz CT molecular complexity index is 4260. The van der Waals surface area contributed by atoms with Gasteiger partial charge < -0.3 is 23.7 Å². The number of furan rings is 1. The van der Waals surface area contributed by atoms with Crippen molar-refractivity contribution in [3.05, 3.63) is 243 Å². The highest BCUT2D eigenvalue weighted by atomic mass is 16.5. The van der Waals surface area contributed by atoms with Crippen LogP contribution in [0.3, 0.4) is 0 Å². The summed E-state index contributed by atoms with van der Waals surface area (Å²) < 4.78 is 21.0. The Kier molecular flexibility index (Phi) is 8.59. The summed E-state index contributed by atoms with van der Waals surface area (Å²) in [4.78, 5) is 4.58. The van der Waals surface area contributed by atoms with Gasteiger partial charge in [0.25, 0.3) is 0 Å². The van der Waals surface area contributed by atoms with Crippen molar-refractivity contribution in [2.75, 3.05) is 9.80 Å². The zero-order valence-electron chi connectivity index (χ0n) is 38.2. The topological polar surface area (TPSA) is 38.1 Å². The Labute approximate surface area is 409 Å². The molecule has 0 saturated heterocycles. The van der Waals surface area contributed by atoms with Gasteiger partial charge in [-0.2, -0.15) is 0 Å². The van der Waals surface area contributed by atoms with Crippen molar-refractivity contribution in [2.45, 2.75) is 0 Å². The molecule has 0 N–H and O–H groups in total. The lowest BCUT2D eigenvalue weighted by molar-refractivity contribution is 0.480. The molecule has 0 aliphatic carbocycles. The van der Waals surface area contributed by atoms with E-state index in [9.17, 15) is 0 Å². The van der Waals surface area contributed by atoms with Gasteiger partial charge in [0, 0.05) is 73.1 Å². The molecule has 1 aromatic heterocycles. The first-order chi connectivity index (χ1) is 35.2. The van der Waals surface area contributed by atoms with Gasteiger partial charge in [0.05, 0.1) is 11.4 Å². The summed E-state index contributed by atoms with van der Waals surface area (Å²) in [7, 11) is 0. The molecule has 3 heterocycles. The van der Waals surface area contributed by atoms with Gasteiger partial charge in [0.2, 0.25) is 0 Å². The van der Waals surface area contributed by atoms with E-state index in [1.807, 2.05) is 18.2 Å². The van der Waals surface area contributed by atoms with Crippen LogP contribution in [-0.4, -0.2) is 0 Å². The molecule has 332 valence electrons. The quantitative estimate of drug-likeness (QED) is 0.149. The van der Waals surface area contributed by atoms with Crippen LogP contribution in [0.15, 0.2) is 247 Å². The van der Waals surface area contributed by atoms with Gasteiger partial charge >= 0.3 is 0 Å². The van der Waals surface area contributed by atoms with Crippen LogP contribution in [0.25, 0.3) is 87.6 Å². The lowest BCUT2D eigenvalue weighted by Crippen LogP contribution is -2.11. The smallest absolute Gasteiger partial charge is 0.159 e. The average molecular weight is 909 g/mol. The molecule has 0 radical (unpaired) electrons. The summed E-state index contributed by atoms with van der Waals surface area (Å²) in [6.07, 6.45) is 0. The van der Waals surface area contributed by atoms with Gasteiger partial charge in [0.1, 0.15) is 28.6 Å². The number of ether oxygens (including phenoxy) is 2. The maximum absolute atomic E-state index is 7.07. The average Bonchev–Trinajstić information content (AvgIpc) is 3.83. The number of nitrogens with zero attached hydrogens (tertiary/aromatic N) is 2. The Morgan fingerprint density at radius 2 is 0.775 bits per heavy atom. The number of hydrogen-bond acceptors (Lipinski definition) is 5. The molecule has 0 saturated carbocycles. The van der Waals surface area contributed by atoms with E-state index in [-0.39, 0.29) is 0 Å². The van der Waals surface area contributed by atoms with Crippen LogP contribution >= 0.6 is 0 Å². The summed E-state index contributed by atoms with van der Waals surface area (Å²) in [5, 5.41) is 9.04. The van der Waals surface area contributed by atoms with Crippen molar-refractivity contribution < 1.29 is 13.9 Å². The van der Waals surface area contributed by atoms with E-state index in [0.29, 0.717) is 0 Å². The monoisotopic (exact) mass is 908 g/mol. The minimum absolute atomic E-state index is 0.779. The molecule has 0 fully saturated rings. The van der Waals surface area contributed by atoms with Crippen LogP contribution in [0.5, 0.6) is 23.0 Å². The van der Waals surface area contributed by atoms with Crippen LogP contribution < -0.4 is 19.3 Å². The molecular weight excluding hydrogens is 869 g/mol. The molecule has 5 heteroatoms. The molecular formula is C66H40N2O3. The molecule has 2 aliphatic rings. The number of hydrogen-bond donors (Lipinski definition) is 0. The number of rotatable bonds is 7. The van der Waals surface area contributed by atoms with E-state index < -0.39 is 0 Å². The highest BCUT2D eigenvalue weighted by Gasteiger charge is 2.30. The van der Waals surface area contributed by atoms with Crippen molar-refractivity contribution in [1.82, 2.24) is 0 Å². The van der Waals surface area contributed by atoms with E-state index in [1.54, 1.807) is 0 Å². The first kappa shape index (κ1) is 39.4. The van der Waals surface area contributed by atoms with Crippen molar-refractivity contribution >= 4 is 88.4 Å². The van der Waals surface area contributed by atoms with Crippen LogP contribution in [0, 0.1) is 0 Å². The third-order valence-electron chi connectivity index (χ3n) is 14.4. The van der Waals surface area contributed by atoms with Gasteiger partial charge in [-0.1, -0.05) is 140 Å². The van der Waals surface area contributed by atoms with Crippen molar-refractivity contribution in [3.63, 3.8) is 0 Å². The molecule has 71 heavy (non-hydrogen) atoms. The number of anilines is 6. The second-order valence-electron chi connectivity index (χ2n) is 18.4. The molecule has 0 atom stereocenters. The normalized spacial score (nSPS) is 12.2. The first-order valence-corrected chi connectivity index (χ1v) is 24.1. The SMILES string of the molecule is c1ccc(-c2cccc3c2oc2c(N(c4ccc5c(c4)Oc4ccc6c7c(ccc-5c47)Oc4cc(N(c5ccccc5)c5ccccc5)ccc4-6)c4ccc5c(ccc6ccccc65)c4)cccc23)cc1. The summed E-state index contributed by atoms with van der Waals surface area (Å²) >= 11 is 0. The fraction of sp³-hybridized carbons (Fsp3) is 0. The van der Waals surface area contributed by atoms with E-state index >= 15 is 0 Å². The fourth-order valence-electron chi connectivity index (χ4n) is 11.2. The van der Waals surface area contributed by atoms with Crippen molar-refractivity contribution in [1.29, 1.82) is 0 Å². The number of benzene rings is 12. The lowest BCUT2D eigenvalue weighted by Gasteiger charge is -2.30. The Balaban J connectivity index is 0.870. The molecule has 0 spiro atoms. The van der Waals surface area contributed by atoms with Crippen molar-refractivity contribution in [2.24, 2.45) is 0 Å². The van der Waals surface area contributed by atoms with E-state index in [2.05, 4.69) is 234 Å². The summed E-state index contributed by atoms with van der Waals surface area (Å²) in [5.74, 6) is 3.20. The molecule has 13 aromatic rings. The maximum atomic E-state index is 7.07. The predicted molar refractivity (Wildman–Crippen MR) is 292 cm³/mol. The largest absolute Gasteiger partial charge is 0.456 e. The van der Waals surface area contributed by atoms with Gasteiger partial charge in [-0.05, 0) is 129 Å². The van der Waals surface area contributed by atoms with Crippen LogP contribution in [0.2, 0.25) is 0 Å². The molecule has 0 amide bonds. The second kappa shape index (κ2) is 15.5. The van der Waals surface area contributed by atoms with E-state index in [1.165, 1.54) is 16.2 Å². The minimum atomic E-state index is 0.779. The van der Waals surface area contributed by atoms with Crippen LogP contribution in [0.1, 0.15) is 0 Å². The molecule has 12 aromatic carbocycles. The zero-order valence-corrected chi connectivity index (χ0v) is 38.2. The Hall–Kier alpha value is -9.58. The number of fused-ring (bicyclic) bond motifs is 10. The zero-order chi connectivity index (χ0) is 46.6. The summed E-state index contributed by atoms with van der Waals surface area (Å²) in [5.41, 5.74) is 14.2. The van der Waals surface area contributed by atoms with Gasteiger partial charge in [0.15, 0.2) is 5.58 Å². The van der Waals surface area contributed by atoms with Gasteiger partial charge in [-0.25, -0.2) is 0 Å². The molecule has 2 aliphatic heterocycles. The predicted octanol–water partition coefficient (Wildman–Crippen LogP) is 19.2. The lowest BCUT2D eigenvalue weighted by atomic mass is 9.88. The molecule has 15 rings (SSSR count). The van der Waals surface area contributed by atoms with E-state index in [4.69, 9.17) is 13.9 Å². The summed E-state index contributed by atoms with van der Waals surface area (Å²) in [6, 6.07) is 85.8. The highest BCUT2D eigenvalue weighted by Crippen LogP contribution is 2.57. The maximum Gasteiger partial charge on any atom is 0.159 e. The summed E-state index contributed by atoms with van der Waals surface area (Å²) in [6.45, 7) is 0. The fourth-order valence-corrected chi connectivity index (χ4v) is 11.2. The molecule has 0 bridgehead atoms. The highest BCUT2D eigenvalue weighted by molar-refractivity contribution is 6.16. The number of para-hydroxylation sites is 4. The standard InChI is InChI=1S/C66H40N2O3/c1-4-14-41(15-5-1)51-22-12-23-56-57-24-13-25-58(66(57)71-65(51)56)68(46-28-31-50-43(38-46)27-26-42-16-10-11-21-49(42)50)48-30-33-53-55-35-36-59-63-54(34-37-60(64(55)63)70-62(53)40-48)52-32-29-47(39-61(52)69-59)67(44-17-6-2-7-18-44)45-19-8-3-9-20-45/h1-40H. The Morgan fingerprint density at radius 3 is 1.45 bits per heavy atom. The Morgan fingerprint density at radius 1 is 0.268 bits per heavy atom. The van der Waals surface area contributed by atoms with E-state index in [0.717, 1.165) is 129 Å². The van der Waals surface area contributed by atoms with Gasteiger partial charge in [-0.3, -0.25) is 0 Å². The van der Waals surface area contributed by atoms with Crippen molar-refractivity contribution in [3.8, 4) is 56.4 Å². The third kappa shape index (κ3) is 6.13. The third-order valence-corrected chi connectivity index (χ3v) is 14.4. The van der Waals surface area contributed by atoms with Gasteiger partial charge in [-0.15, -0.1) is 0 Å². The molecule has 0 unspecified atom stereocenters. The minimum Gasteiger partial charge on any atom is -0.456 e. The van der Waals surface area contributed by atoms with Crippen LogP contribution in [0.4, 0.5) is 34.1 Å². The van der Waals surface area contributed by atoms with Crippen LogP contribution in [-0.2, 0) is 0 Å². The molecule has 5 nitrogen and oxygen atoms in total.